The maximum absolute atomic E-state index is 3.70. The summed E-state index contributed by atoms with van der Waals surface area (Å²) < 4.78 is 0. The second-order valence-corrected chi connectivity index (χ2v) is 3.53. The zero-order chi connectivity index (χ0) is 8.20. The Bertz CT molecular complexity index is 103. The van der Waals surface area contributed by atoms with Gasteiger partial charge in [0.05, 0.1) is 0 Å². The summed E-state index contributed by atoms with van der Waals surface area (Å²) in [5, 5.41) is 0. The van der Waals surface area contributed by atoms with Crippen LogP contribution in [0.25, 0.3) is 0 Å². The van der Waals surface area contributed by atoms with Crippen molar-refractivity contribution in [2.24, 2.45) is 0 Å². The molecule has 0 heterocycles. The highest BCUT2D eigenvalue weighted by Gasteiger charge is 2.18. The molecule has 0 radical (unpaired) electrons. The molecule has 10 heavy (non-hydrogen) atoms. The molecule has 0 aliphatic carbocycles. The number of hydrogen-bond acceptors (Lipinski definition) is 1. The molecule has 0 spiro atoms. The van der Waals surface area contributed by atoms with Crippen LogP contribution >= 0.6 is 0 Å². The number of rotatable bonds is 4. The molecule has 0 saturated heterocycles. The van der Waals surface area contributed by atoms with Crippen LogP contribution in [0.5, 0.6) is 0 Å². The van der Waals surface area contributed by atoms with E-state index in [1.165, 1.54) is 6.42 Å². The van der Waals surface area contributed by atoms with E-state index in [-0.39, 0.29) is 0 Å². The van der Waals surface area contributed by atoms with Crippen molar-refractivity contribution in [2.45, 2.75) is 32.2 Å². The summed E-state index contributed by atoms with van der Waals surface area (Å²) in [6.07, 6.45) is 4.26. The van der Waals surface area contributed by atoms with E-state index in [9.17, 15) is 0 Å². The van der Waals surface area contributed by atoms with Crippen molar-refractivity contribution < 1.29 is 0 Å². The molecule has 0 atom stereocenters. The van der Waals surface area contributed by atoms with Gasteiger partial charge in [-0.15, -0.1) is 6.58 Å². The van der Waals surface area contributed by atoms with Gasteiger partial charge < -0.3 is 4.90 Å². The molecule has 1 nitrogen and oxygen atoms in total. The fraction of sp³-hybridized carbons (Fsp3) is 0.778. The molecule has 0 fully saturated rings. The van der Waals surface area contributed by atoms with Crippen LogP contribution in [0.15, 0.2) is 12.7 Å². The van der Waals surface area contributed by atoms with E-state index in [0.29, 0.717) is 5.54 Å². The van der Waals surface area contributed by atoms with Crippen LogP contribution < -0.4 is 0 Å². The van der Waals surface area contributed by atoms with Crippen LogP contribution in [-0.4, -0.2) is 24.5 Å². The fourth-order valence-electron chi connectivity index (χ4n) is 0.679. The summed E-state index contributed by atoms with van der Waals surface area (Å²) in [5.41, 5.74) is 0.314. The fourth-order valence-corrected chi connectivity index (χ4v) is 0.679. The van der Waals surface area contributed by atoms with Crippen molar-refractivity contribution in [3.8, 4) is 0 Å². The van der Waals surface area contributed by atoms with Crippen LogP contribution in [0.4, 0.5) is 0 Å². The normalized spacial score (nSPS) is 12.1. The molecule has 0 saturated carbocycles. The van der Waals surface area contributed by atoms with Crippen molar-refractivity contribution >= 4 is 0 Å². The summed E-state index contributed by atoms with van der Waals surface area (Å²) in [5.74, 6) is 0. The van der Waals surface area contributed by atoms with Gasteiger partial charge in [-0.2, -0.15) is 0 Å². The lowest BCUT2D eigenvalue weighted by Gasteiger charge is -2.32. The number of allylic oxidation sites excluding steroid dienone is 1. The van der Waals surface area contributed by atoms with Crippen molar-refractivity contribution in [3.63, 3.8) is 0 Å². The average molecular weight is 141 g/mol. The van der Waals surface area contributed by atoms with Gasteiger partial charge in [-0.1, -0.05) is 6.08 Å². The maximum atomic E-state index is 3.70. The van der Waals surface area contributed by atoms with E-state index in [4.69, 9.17) is 0 Å². The van der Waals surface area contributed by atoms with E-state index in [2.05, 4.69) is 39.4 Å². The van der Waals surface area contributed by atoms with Gasteiger partial charge in [0.25, 0.3) is 0 Å². The highest BCUT2D eigenvalue weighted by atomic mass is 15.1. The van der Waals surface area contributed by atoms with E-state index < -0.39 is 0 Å². The summed E-state index contributed by atoms with van der Waals surface area (Å²) >= 11 is 0. The summed E-state index contributed by atoms with van der Waals surface area (Å²) in [6.45, 7) is 8.20. The number of nitrogens with zero attached hydrogens (tertiary/aromatic N) is 1. The molecule has 0 aliphatic rings. The lowest BCUT2D eigenvalue weighted by molar-refractivity contribution is 0.184. The number of hydrogen-bond donors (Lipinski definition) is 0. The second kappa shape index (κ2) is 3.77. The van der Waals surface area contributed by atoms with E-state index in [1.807, 2.05) is 6.08 Å². The Morgan fingerprint density at radius 1 is 1.40 bits per heavy atom. The molecule has 0 aromatic rings. The molecule has 0 N–H and O–H groups in total. The topological polar surface area (TPSA) is 3.24 Å². The first-order valence-electron chi connectivity index (χ1n) is 3.79. The summed E-state index contributed by atoms with van der Waals surface area (Å²) in [6, 6.07) is 0. The first-order chi connectivity index (χ1) is 4.50. The molecule has 0 unspecified atom stereocenters. The van der Waals surface area contributed by atoms with Gasteiger partial charge in [0.2, 0.25) is 0 Å². The van der Waals surface area contributed by atoms with Gasteiger partial charge in [-0.3, -0.25) is 0 Å². The first kappa shape index (κ1) is 9.70. The summed E-state index contributed by atoms with van der Waals surface area (Å²) in [7, 11) is 4.23. The lowest BCUT2D eigenvalue weighted by Crippen LogP contribution is -2.37. The predicted molar refractivity (Wildman–Crippen MR) is 47.2 cm³/mol. The molecule has 0 bridgehead atoms. The van der Waals surface area contributed by atoms with Gasteiger partial charge in [0.15, 0.2) is 0 Å². The quantitative estimate of drug-likeness (QED) is 0.543. The maximum Gasteiger partial charge on any atom is 0.0150 e. The Labute approximate surface area is 64.7 Å². The van der Waals surface area contributed by atoms with Crippen LogP contribution in [0, 0.1) is 0 Å². The minimum absolute atomic E-state index is 0.314. The molecule has 60 valence electrons. The van der Waals surface area contributed by atoms with E-state index in [1.54, 1.807) is 0 Å². The van der Waals surface area contributed by atoms with Crippen LogP contribution in [0.1, 0.15) is 26.7 Å². The van der Waals surface area contributed by atoms with Crippen LogP contribution in [0.2, 0.25) is 0 Å². The Kier molecular flexibility index (Phi) is 3.66. The highest BCUT2D eigenvalue weighted by molar-refractivity contribution is 4.80. The lowest BCUT2D eigenvalue weighted by atomic mass is 9.97. The third-order valence-electron chi connectivity index (χ3n) is 2.17. The minimum Gasteiger partial charge on any atom is -0.304 e. The first-order valence-corrected chi connectivity index (χ1v) is 3.79. The third kappa shape index (κ3) is 3.02. The monoisotopic (exact) mass is 141 g/mol. The van der Waals surface area contributed by atoms with Gasteiger partial charge in [0.1, 0.15) is 0 Å². The molecule has 1 heteroatoms. The molecular formula is C9H19N. The van der Waals surface area contributed by atoms with Gasteiger partial charge in [-0.25, -0.2) is 0 Å². The van der Waals surface area contributed by atoms with Crippen molar-refractivity contribution in [3.05, 3.63) is 12.7 Å². The molecular weight excluding hydrogens is 122 g/mol. The predicted octanol–water partition coefficient (Wildman–Crippen LogP) is 2.29. The second-order valence-electron chi connectivity index (χ2n) is 3.53. The largest absolute Gasteiger partial charge is 0.304 e. The SMILES string of the molecule is C=CCCC(C)(C)N(C)C. The molecule has 0 rings (SSSR count). The Morgan fingerprint density at radius 2 is 1.90 bits per heavy atom. The minimum atomic E-state index is 0.314. The molecule has 0 aromatic carbocycles. The van der Waals surface area contributed by atoms with Crippen molar-refractivity contribution in [1.82, 2.24) is 4.90 Å². The smallest absolute Gasteiger partial charge is 0.0150 e. The third-order valence-corrected chi connectivity index (χ3v) is 2.17. The molecule has 0 aliphatic heterocycles. The van der Waals surface area contributed by atoms with Crippen LogP contribution in [0.3, 0.4) is 0 Å². The van der Waals surface area contributed by atoms with Crippen LogP contribution in [-0.2, 0) is 0 Å². The zero-order valence-corrected chi connectivity index (χ0v) is 7.65. The van der Waals surface area contributed by atoms with Crippen molar-refractivity contribution in [2.75, 3.05) is 14.1 Å². The highest BCUT2D eigenvalue weighted by Crippen LogP contribution is 2.16. The van der Waals surface area contributed by atoms with Crippen molar-refractivity contribution in [1.29, 1.82) is 0 Å². The van der Waals surface area contributed by atoms with Gasteiger partial charge in [-0.05, 0) is 40.8 Å². The Hall–Kier alpha value is -0.300. The molecule has 0 aromatic heterocycles. The average Bonchev–Trinajstić information content (AvgIpc) is 1.84. The molecule has 0 amide bonds. The van der Waals surface area contributed by atoms with E-state index in [0.717, 1.165) is 6.42 Å². The Morgan fingerprint density at radius 3 is 2.20 bits per heavy atom. The Balaban J connectivity index is 3.74. The standard InChI is InChI=1S/C9H19N/c1-6-7-8-9(2,3)10(4)5/h6H,1,7-8H2,2-5H3. The summed E-state index contributed by atoms with van der Waals surface area (Å²) in [4.78, 5) is 2.25. The van der Waals surface area contributed by atoms with Gasteiger partial charge in [0, 0.05) is 5.54 Å². The van der Waals surface area contributed by atoms with Gasteiger partial charge >= 0.3 is 0 Å². The van der Waals surface area contributed by atoms with E-state index >= 15 is 0 Å². The zero-order valence-electron chi connectivity index (χ0n) is 7.65.